The molecule has 10 heteroatoms. The third-order valence-corrected chi connectivity index (χ3v) is 4.58. The van der Waals surface area contributed by atoms with Crippen molar-refractivity contribution in [2.24, 2.45) is 0 Å². The molecule has 2 aromatic carbocycles. The first-order chi connectivity index (χ1) is 14.1. The summed E-state index contributed by atoms with van der Waals surface area (Å²) in [6.45, 7) is 1.67. The first-order valence-corrected chi connectivity index (χ1v) is 8.90. The maximum Gasteiger partial charge on any atom is 0.261 e. The van der Waals surface area contributed by atoms with Gasteiger partial charge in [-0.25, -0.2) is 0 Å². The van der Waals surface area contributed by atoms with E-state index in [0.717, 1.165) is 0 Å². The average molecular weight is 411 g/mol. The van der Waals surface area contributed by atoms with Gasteiger partial charge in [0.2, 0.25) is 0 Å². The van der Waals surface area contributed by atoms with Crippen LogP contribution in [0.15, 0.2) is 53.3 Å². The van der Waals surface area contributed by atoms with Gasteiger partial charge in [-0.2, -0.15) is 4.68 Å². The van der Waals surface area contributed by atoms with Gasteiger partial charge in [-0.1, -0.05) is 35.0 Å². The van der Waals surface area contributed by atoms with E-state index in [4.69, 9.17) is 20.9 Å². The van der Waals surface area contributed by atoms with Crippen molar-refractivity contribution in [3.63, 3.8) is 0 Å². The topological polar surface area (TPSA) is 108 Å². The first kappa shape index (κ1) is 18.6. The molecular weight excluding hydrogens is 396 g/mol. The molecule has 0 aliphatic rings. The number of rotatable bonds is 5. The molecule has 0 atom stereocenters. The van der Waals surface area contributed by atoms with E-state index in [1.807, 2.05) is 6.07 Å². The van der Waals surface area contributed by atoms with Gasteiger partial charge in [0.05, 0.1) is 12.1 Å². The van der Waals surface area contributed by atoms with Gasteiger partial charge < -0.3 is 14.6 Å². The number of tetrazole rings is 1. The van der Waals surface area contributed by atoms with Crippen molar-refractivity contribution in [2.45, 2.75) is 6.92 Å². The largest absolute Gasteiger partial charge is 0.494 e. The number of carbonyl (C=O) groups excluding carboxylic acids is 1. The highest BCUT2D eigenvalue weighted by atomic mass is 35.5. The molecule has 9 nitrogen and oxygen atoms in total. The minimum absolute atomic E-state index is 0.304. The number of anilines is 1. The van der Waals surface area contributed by atoms with Gasteiger partial charge in [-0.15, -0.1) is 5.10 Å². The third kappa shape index (κ3) is 3.55. The highest BCUT2D eigenvalue weighted by Crippen LogP contribution is 2.32. The van der Waals surface area contributed by atoms with Crippen molar-refractivity contribution in [3.05, 3.63) is 65.1 Å². The highest BCUT2D eigenvalue weighted by molar-refractivity contribution is 6.33. The Hall–Kier alpha value is -3.72. The second-order valence-electron chi connectivity index (χ2n) is 6.04. The Morgan fingerprint density at radius 3 is 2.79 bits per heavy atom. The van der Waals surface area contributed by atoms with Crippen molar-refractivity contribution in [2.75, 3.05) is 12.4 Å². The minimum atomic E-state index is -0.383. The number of nitrogens with one attached hydrogen (secondary N) is 1. The van der Waals surface area contributed by atoms with Crippen LogP contribution in [0.1, 0.15) is 16.1 Å². The summed E-state index contributed by atoms with van der Waals surface area (Å²) in [5.41, 5.74) is 2.38. The zero-order valence-electron chi connectivity index (χ0n) is 15.5. The van der Waals surface area contributed by atoms with Crippen LogP contribution in [-0.4, -0.2) is 38.4 Å². The summed E-state index contributed by atoms with van der Waals surface area (Å²) in [7, 11) is 1.54. The summed E-state index contributed by atoms with van der Waals surface area (Å²) in [4.78, 5) is 13.0. The number of halogens is 1. The lowest BCUT2D eigenvalue weighted by atomic mass is 10.1. The standard InChI is InChI=1S/C19H15ClN6O3/c1-11-17(18(23-29-11)13-5-3-4-6-14(13)20)19(27)22-12-7-8-16(28-2)15(9-12)26-10-21-24-25-26/h3-10H,1-2H3,(H,22,27). The van der Waals surface area contributed by atoms with E-state index in [1.54, 1.807) is 43.3 Å². The van der Waals surface area contributed by atoms with Crippen molar-refractivity contribution < 1.29 is 14.1 Å². The number of nitrogens with zero attached hydrogens (tertiary/aromatic N) is 5. The molecule has 4 rings (SSSR count). The van der Waals surface area contributed by atoms with E-state index in [0.29, 0.717) is 44.7 Å². The van der Waals surface area contributed by atoms with Crippen molar-refractivity contribution in [1.82, 2.24) is 25.4 Å². The molecule has 0 fully saturated rings. The van der Waals surface area contributed by atoms with Gasteiger partial charge in [0, 0.05) is 11.3 Å². The summed E-state index contributed by atoms with van der Waals surface area (Å²) < 4.78 is 12.0. The normalized spacial score (nSPS) is 10.7. The number of hydrogen-bond donors (Lipinski definition) is 1. The second-order valence-corrected chi connectivity index (χ2v) is 6.44. The zero-order valence-corrected chi connectivity index (χ0v) is 16.2. The first-order valence-electron chi connectivity index (χ1n) is 8.52. The number of aromatic nitrogens is 5. The lowest BCUT2D eigenvalue weighted by Crippen LogP contribution is -2.14. The number of ether oxygens (including phenoxy) is 1. The van der Waals surface area contributed by atoms with Crippen LogP contribution in [0.25, 0.3) is 16.9 Å². The highest BCUT2D eigenvalue weighted by Gasteiger charge is 2.23. The Morgan fingerprint density at radius 1 is 1.24 bits per heavy atom. The van der Waals surface area contributed by atoms with Gasteiger partial charge in [0.15, 0.2) is 0 Å². The van der Waals surface area contributed by atoms with Crippen molar-refractivity contribution >= 4 is 23.2 Å². The number of aryl methyl sites for hydroxylation is 1. The zero-order chi connectivity index (χ0) is 20.4. The lowest BCUT2D eigenvalue weighted by molar-refractivity contribution is 0.102. The molecule has 2 heterocycles. The van der Waals surface area contributed by atoms with Crippen LogP contribution in [0, 0.1) is 6.92 Å². The quantitative estimate of drug-likeness (QED) is 0.536. The fourth-order valence-electron chi connectivity index (χ4n) is 2.89. The molecule has 0 saturated carbocycles. The van der Waals surface area contributed by atoms with E-state index >= 15 is 0 Å². The molecule has 146 valence electrons. The summed E-state index contributed by atoms with van der Waals surface area (Å²) >= 11 is 6.27. The van der Waals surface area contributed by atoms with Crippen LogP contribution in [0.3, 0.4) is 0 Å². The number of benzene rings is 2. The van der Waals surface area contributed by atoms with Crippen LogP contribution in [0.5, 0.6) is 5.75 Å². The molecule has 0 bridgehead atoms. The summed E-state index contributed by atoms with van der Waals surface area (Å²) in [6.07, 6.45) is 1.43. The van der Waals surface area contributed by atoms with Crippen LogP contribution in [0.2, 0.25) is 5.02 Å². The van der Waals surface area contributed by atoms with Crippen LogP contribution in [-0.2, 0) is 0 Å². The predicted molar refractivity (Wildman–Crippen MR) is 105 cm³/mol. The summed E-state index contributed by atoms with van der Waals surface area (Å²) in [6, 6.07) is 12.2. The van der Waals surface area contributed by atoms with Gasteiger partial charge in [0.1, 0.15) is 34.8 Å². The van der Waals surface area contributed by atoms with Gasteiger partial charge in [0.25, 0.3) is 5.91 Å². The van der Waals surface area contributed by atoms with Crippen LogP contribution in [0.4, 0.5) is 5.69 Å². The molecule has 0 aliphatic carbocycles. The number of hydrogen-bond acceptors (Lipinski definition) is 7. The lowest BCUT2D eigenvalue weighted by Gasteiger charge is -2.11. The van der Waals surface area contributed by atoms with E-state index in [9.17, 15) is 4.79 Å². The molecule has 0 radical (unpaired) electrons. The molecule has 4 aromatic rings. The van der Waals surface area contributed by atoms with E-state index in [1.165, 1.54) is 18.1 Å². The Balaban J connectivity index is 1.69. The Kier molecular flexibility index (Phi) is 4.96. The summed E-state index contributed by atoms with van der Waals surface area (Å²) in [5, 5.41) is 18.5. The van der Waals surface area contributed by atoms with Gasteiger partial charge >= 0.3 is 0 Å². The SMILES string of the molecule is COc1ccc(NC(=O)c2c(-c3ccccc3Cl)noc2C)cc1-n1cnnn1. The predicted octanol–water partition coefficient (Wildman–Crippen LogP) is 3.54. The van der Waals surface area contributed by atoms with Gasteiger partial charge in [-0.3, -0.25) is 4.79 Å². The van der Waals surface area contributed by atoms with Crippen LogP contribution >= 0.6 is 11.6 Å². The smallest absolute Gasteiger partial charge is 0.261 e. The van der Waals surface area contributed by atoms with Gasteiger partial charge in [-0.05, 0) is 41.6 Å². The molecule has 2 aromatic heterocycles. The molecule has 0 unspecified atom stereocenters. The molecule has 0 aliphatic heterocycles. The fourth-order valence-corrected chi connectivity index (χ4v) is 3.11. The third-order valence-electron chi connectivity index (χ3n) is 4.25. The number of carbonyl (C=O) groups is 1. The molecule has 1 amide bonds. The maximum atomic E-state index is 13.0. The Morgan fingerprint density at radius 2 is 2.07 bits per heavy atom. The Labute approximate surface area is 170 Å². The van der Waals surface area contributed by atoms with E-state index in [-0.39, 0.29) is 5.91 Å². The van der Waals surface area contributed by atoms with E-state index in [2.05, 4.69) is 26.0 Å². The van der Waals surface area contributed by atoms with Crippen molar-refractivity contribution in [3.8, 4) is 22.7 Å². The molecule has 1 N–H and O–H groups in total. The van der Waals surface area contributed by atoms with E-state index < -0.39 is 0 Å². The monoisotopic (exact) mass is 410 g/mol. The minimum Gasteiger partial charge on any atom is -0.494 e. The summed E-state index contributed by atoms with van der Waals surface area (Å²) in [5.74, 6) is 0.548. The molecule has 0 spiro atoms. The number of methoxy groups -OCH3 is 1. The van der Waals surface area contributed by atoms with Crippen molar-refractivity contribution in [1.29, 1.82) is 0 Å². The second kappa shape index (κ2) is 7.72. The number of amides is 1. The molecular formula is C19H15ClN6O3. The fraction of sp³-hybridized carbons (Fsp3) is 0.105. The maximum absolute atomic E-state index is 13.0. The molecule has 29 heavy (non-hydrogen) atoms. The van der Waals surface area contributed by atoms with Crippen LogP contribution < -0.4 is 10.1 Å². The Bertz CT molecular complexity index is 1170. The average Bonchev–Trinajstić information content (AvgIpc) is 3.38. The molecule has 0 saturated heterocycles.